The smallest absolute Gasteiger partial charge is 0.247 e. The first-order valence-corrected chi connectivity index (χ1v) is 9.21. The number of aryl methyl sites for hydroxylation is 1. The molecule has 4 rings (SSSR count). The van der Waals surface area contributed by atoms with Gasteiger partial charge < -0.3 is 14.8 Å². The lowest BCUT2D eigenvalue weighted by atomic mass is 10.0. The molecule has 2 aromatic heterocycles. The van der Waals surface area contributed by atoms with Crippen LogP contribution in [0.2, 0.25) is 5.02 Å². The summed E-state index contributed by atoms with van der Waals surface area (Å²) in [5, 5.41) is 12.3. The molecule has 1 N–H and O–H groups in total. The molecule has 0 spiro atoms. The summed E-state index contributed by atoms with van der Waals surface area (Å²) < 4.78 is 10.4. The summed E-state index contributed by atoms with van der Waals surface area (Å²) in [6.07, 6.45) is 1.65. The number of hydrogen-bond donors (Lipinski definition) is 1. The quantitative estimate of drug-likeness (QED) is 0.508. The highest BCUT2D eigenvalue weighted by Crippen LogP contribution is 2.34. The third-order valence-corrected chi connectivity index (χ3v) is 4.77. The molecule has 0 saturated heterocycles. The molecular formula is C21H18ClN5O2. The lowest BCUT2D eigenvalue weighted by molar-refractivity contribution is 0.398. The lowest BCUT2D eigenvalue weighted by Crippen LogP contribution is -2.01. The maximum Gasteiger partial charge on any atom is 0.247 e. The summed E-state index contributed by atoms with van der Waals surface area (Å²) in [4.78, 5) is 8.76. The van der Waals surface area contributed by atoms with Gasteiger partial charge in [-0.2, -0.15) is 0 Å². The predicted octanol–water partition coefficient (Wildman–Crippen LogP) is 4.81. The standard InChI is InChI=1S/C21H18ClN5O2/c1-12-8-13(16-10-15(28-2)5-6-17(16)22)9-18-20(12)25-21(27-26-18)24-14-4-7-19(29-3)23-11-14/h4-11H,1-3H3,(H,24,25,27). The minimum absolute atomic E-state index is 0.389. The van der Waals surface area contributed by atoms with Gasteiger partial charge in [-0.15, -0.1) is 10.2 Å². The van der Waals surface area contributed by atoms with E-state index in [0.717, 1.165) is 33.6 Å². The van der Waals surface area contributed by atoms with Gasteiger partial charge in [-0.1, -0.05) is 11.6 Å². The van der Waals surface area contributed by atoms with Crippen molar-refractivity contribution < 1.29 is 9.47 Å². The number of aromatic nitrogens is 4. The van der Waals surface area contributed by atoms with E-state index in [2.05, 4.69) is 25.5 Å². The molecular weight excluding hydrogens is 390 g/mol. The number of benzene rings is 2. The number of halogens is 1. The lowest BCUT2D eigenvalue weighted by Gasteiger charge is -2.11. The second kappa shape index (κ2) is 7.89. The van der Waals surface area contributed by atoms with Gasteiger partial charge in [0.1, 0.15) is 11.3 Å². The number of fused-ring (bicyclic) bond motifs is 1. The van der Waals surface area contributed by atoms with Gasteiger partial charge in [-0.05, 0) is 54.4 Å². The van der Waals surface area contributed by atoms with Gasteiger partial charge in [-0.25, -0.2) is 9.97 Å². The van der Waals surface area contributed by atoms with Gasteiger partial charge >= 0.3 is 0 Å². The molecule has 0 fully saturated rings. The number of nitrogens with zero attached hydrogens (tertiary/aromatic N) is 4. The fourth-order valence-corrected chi connectivity index (χ4v) is 3.20. The maximum absolute atomic E-state index is 6.40. The fourth-order valence-electron chi connectivity index (χ4n) is 2.98. The highest BCUT2D eigenvalue weighted by Gasteiger charge is 2.11. The zero-order chi connectivity index (χ0) is 20.4. The van der Waals surface area contributed by atoms with Crippen LogP contribution in [-0.4, -0.2) is 34.4 Å². The predicted molar refractivity (Wildman–Crippen MR) is 113 cm³/mol. The zero-order valence-electron chi connectivity index (χ0n) is 16.1. The Hall–Kier alpha value is -3.45. The monoisotopic (exact) mass is 407 g/mol. The van der Waals surface area contributed by atoms with Crippen LogP contribution in [0.25, 0.3) is 22.2 Å². The van der Waals surface area contributed by atoms with Crippen molar-refractivity contribution in [3.63, 3.8) is 0 Å². The van der Waals surface area contributed by atoms with Crippen LogP contribution < -0.4 is 14.8 Å². The van der Waals surface area contributed by atoms with Crippen LogP contribution in [-0.2, 0) is 0 Å². The Morgan fingerprint density at radius 3 is 2.55 bits per heavy atom. The average Bonchev–Trinajstić information content (AvgIpc) is 2.75. The molecule has 2 aromatic carbocycles. The molecule has 29 heavy (non-hydrogen) atoms. The van der Waals surface area contributed by atoms with E-state index in [-0.39, 0.29) is 0 Å². The highest BCUT2D eigenvalue weighted by molar-refractivity contribution is 6.33. The summed E-state index contributed by atoms with van der Waals surface area (Å²) in [7, 11) is 3.20. The molecule has 0 aliphatic heterocycles. The van der Waals surface area contributed by atoms with Crippen molar-refractivity contribution in [3.8, 4) is 22.8 Å². The third-order valence-electron chi connectivity index (χ3n) is 4.44. The summed E-state index contributed by atoms with van der Waals surface area (Å²) in [5.74, 6) is 1.66. The molecule has 7 nitrogen and oxygen atoms in total. The Labute approximate surface area is 172 Å². The Balaban J connectivity index is 1.70. The minimum atomic E-state index is 0.389. The number of ether oxygens (including phenoxy) is 2. The fraction of sp³-hybridized carbons (Fsp3) is 0.143. The SMILES string of the molecule is COc1ccc(Cl)c(-c2cc(C)c3nc(Nc4ccc(OC)nc4)nnc3c2)c1. The van der Waals surface area contributed by atoms with E-state index in [1.165, 1.54) is 0 Å². The molecule has 0 bridgehead atoms. The normalized spacial score (nSPS) is 10.8. The Morgan fingerprint density at radius 2 is 1.83 bits per heavy atom. The second-order valence-corrected chi connectivity index (χ2v) is 6.76. The number of rotatable bonds is 5. The summed E-state index contributed by atoms with van der Waals surface area (Å²) in [5.41, 5.74) is 4.93. The van der Waals surface area contributed by atoms with Crippen molar-refractivity contribution in [2.75, 3.05) is 19.5 Å². The van der Waals surface area contributed by atoms with Crippen LogP contribution in [0.1, 0.15) is 5.56 Å². The van der Waals surface area contributed by atoms with Crippen LogP contribution in [0, 0.1) is 6.92 Å². The average molecular weight is 408 g/mol. The van der Waals surface area contributed by atoms with Gasteiger partial charge in [0.05, 0.1) is 31.6 Å². The Bertz CT molecular complexity index is 1180. The summed E-state index contributed by atoms with van der Waals surface area (Å²) in [6.45, 7) is 1.98. The zero-order valence-corrected chi connectivity index (χ0v) is 16.9. The van der Waals surface area contributed by atoms with E-state index in [4.69, 9.17) is 21.1 Å². The van der Waals surface area contributed by atoms with Crippen LogP contribution in [0.4, 0.5) is 11.6 Å². The molecule has 0 aliphatic carbocycles. The van der Waals surface area contributed by atoms with Gasteiger partial charge in [-0.3, -0.25) is 0 Å². The minimum Gasteiger partial charge on any atom is -0.497 e. The highest BCUT2D eigenvalue weighted by atomic mass is 35.5. The summed E-state index contributed by atoms with van der Waals surface area (Å²) >= 11 is 6.40. The van der Waals surface area contributed by atoms with Crippen molar-refractivity contribution in [3.05, 3.63) is 59.2 Å². The molecule has 0 saturated carbocycles. The van der Waals surface area contributed by atoms with Gasteiger partial charge in [0.15, 0.2) is 0 Å². The van der Waals surface area contributed by atoms with Crippen molar-refractivity contribution in [2.45, 2.75) is 6.92 Å². The molecule has 4 aromatic rings. The van der Waals surface area contributed by atoms with Gasteiger partial charge in [0.25, 0.3) is 0 Å². The van der Waals surface area contributed by atoms with Crippen LogP contribution in [0.5, 0.6) is 11.6 Å². The number of nitrogens with one attached hydrogen (secondary N) is 1. The van der Waals surface area contributed by atoms with Crippen molar-refractivity contribution in [2.24, 2.45) is 0 Å². The molecule has 0 aliphatic rings. The van der Waals surface area contributed by atoms with E-state index in [1.54, 1.807) is 26.5 Å². The molecule has 2 heterocycles. The van der Waals surface area contributed by atoms with E-state index >= 15 is 0 Å². The van der Waals surface area contributed by atoms with Crippen LogP contribution >= 0.6 is 11.6 Å². The van der Waals surface area contributed by atoms with E-state index in [0.29, 0.717) is 22.4 Å². The molecule has 0 atom stereocenters. The largest absolute Gasteiger partial charge is 0.497 e. The van der Waals surface area contributed by atoms with Gasteiger partial charge in [0.2, 0.25) is 11.8 Å². The van der Waals surface area contributed by atoms with E-state index in [9.17, 15) is 0 Å². The van der Waals surface area contributed by atoms with Crippen molar-refractivity contribution >= 4 is 34.3 Å². The molecule has 0 unspecified atom stereocenters. The van der Waals surface area contributed by atoms with E-state index in [1.807, 2.05) is 43.3 Å². The Kier molecular flexibility index (Phi) is 5.14. The second-order valence-electron chi connectivity index (χ2n) is 6.36. The first-order valence-electron chi connectivity index (χ1n) is 8.83. The molecule has 8 heteroatoms. The number of anilines is 2. The van der Waals surface area contributed by atoms with E-state index < -0.39 is 0 Å². The third kappa shape index (κ3) is 3.90. The van der Waals surface area contributed by atoms with Gasteiger partial charge in [0, 0.05) is 16.7 Å². The molecule has 0 radical (unpaired) electrons. The first-order chi connectivity index (χ1) is 14.1. The number of methoxy groups -OCH3 is 2. The van der Waals surface area contributed by atoms with Crippen molar-refractivity contribution in [1.29, 1.82) is 0 Å². The molecule has 146 valence electrons. The number of hydrogen-bond acceptors (Lipinski definition) is 7. The van der Waals surface area contributed by atoms with Crippen LogP contribution in [0.15, 0.2) is 48.7 Å². The first kappa shape index (κ1) is 18.9. The maximum atomic E-state index is 6.40. The molecule has 0 amide bonds. The topological polar surface area (TPSA) is 82.0 Å². The number of pyridine rings is 1. The van der Waals surface area contributed by atoms with Crippen LogP contribution in [0.3, 0.4) is 0 Å². The Morgan fingerprint density at radius 1 is 0.966 bits per heavy atom. The van der Waals surface area contributed by atoms with Crippen molar-refractivity contribution in [1.82, 2.24) is 20.2 Å². The summed E-state index contributed by atoms with van der Waals surface area (Å²) in [6, 6.07) is 13.1.